The average Bonchev–Trinajstić information content (AvgIpc) is 3.04. The van der Waals surface area contributed by atoms with Gasteiger partial charge >= 0.3 is 0 Å². The second kappa shape index (κ2) is 5.42. The van der Waals surface area contributed by atoms with Gasteiger partial charge in [-0.1, -0.05) is 6.07 Å². The van der Waals surface area contributed by atoms with E-state index in [0.29, 0.717) is 0 Å². The number of likely N-dealkylation sites (N-methyl/N-ethyl adjacent to an activating group) is 1. The number of hydrogen-bond acceptors (Lipinski definition) is 4. The van der Waals surface area contributed by atoms with Gasteiger partial charge in [-0.15, -0.1) is 10.2 Å². The van der Waals surface area contributed by atoms with E-state index in [2.05, 4.69) is 57.2 Å². The van der Waals surface area contributed by atoms with Gasteiger partial charge in [0.2, 0.25) is 0 Å². The minimum Gasteiger partial charge on any atom is -0.341 e. The summed E-state index contributed by atoms with van der Waals surface area (Å²) in [5.74, 6) is 0.997. The lowest BCUT2D eigenvalue weighted by Gasteiger charge is -2.14. The van der Waals surface area contributed by atoms with Gasteiger partial charge in [-0.05, 0) is 31.7 Å². The van der Waals surface area contributed by atoms with Crippen LogP contribution in [0.15, 0.2) is 30.9 Å². The second-order valence-electron chi connectivity index (χ2n) is 5.14. The Morgan fingerprint density at radius 1 is 1.25 bits per heavy atom. The Bertz CT molecular complexity index is 685. The van der Waals surface area contributed by atoms with Crippen LogP contribution in [0.3, 0.4) is 0 Å². The molecule has 6 heteroatoms. The van der Waals surface area contributed by atoms with Gasteiger partial charge in [0, 0.05) is 13.1 Å². The number of aromatic nitrogens is 5. The van der Waals surface area contributed by atoms with Crippen LogP contribution in [0.1, 0.15) is 11.4 Å². The average molecular weight is 270 g/mol. The molecule has 1 N–H and O–H groups in total. The van der Waals surface area contributed by atoms with Crippen molar-refractivity contribution in [3.8, 4) is 0 Å². The fourth-order valence-electron chi connectivity index (χ4n) is 2.21. The van der Waals surface area contributed by atoms with Gasteiger partial charge in [0.25, 0.3) is 0 Å². The fraction of sp³-hybridized carbons (Fsp3) is 0.357. The van der Waals surface area contributed by atoms with Crippen LogP contribution in [0.4, 0.5) is 0 Å². The summed E-state index contributed by atoms with van der Waals surface area (Å²) in [6, 6.07) is 6.27. The lowest BCUT2D eigenvalue weighted by atomic mass is 10.2. The van der Waals surface area contributed by atoms with E-state index in [0.717, 1.165) is 36.5 Å². The number of rotatable bonds is 5. The number of hydrogen-bond donors (Lipinski definition) is 1. The number of H-pyrrole nitrogens is 1. The summed E-state index contributed by atoms with van der Waals surface area (Å²) in [6.45, 7) is 4.69. The molecule has 2 heterocycles. The van der Waals surface area contributed by atoms with Crippen molar-refractivity contribution in [2.45, 2.75) is 20.0 Å². The van der Waals surface area contributed by atoms with Crippen molar-refractivity contribution in [3.05, 3.63) is 42.2 Å². The summed E-state index contributed by atoms with van der Waals surface area (Å²) in [7, 11) is 2.09. The zero-order valence-corrected chi connectivity index (χ0v) is 11.7. The molecule has 3 rings (SSSR count). The van der Waals surface area contributed by atoms with Crippen LogP contribution >= 0.6 is 0 Å². The van der Waals surface area contributed by atoms with Crippen LogP contribution in [0.5, 0.6) is 0 Å². The van der Waals surface area contributed by atoms with Crippen LogP contribution in [0.2, 0.25) is 0 Å². The Labute approximate surface area is 117 Å². The Morgan fingerprint density at radius 2 is 2.05 bits per heavy atom. The highest BCUT2D eigenvalue weighted by molar-refractivity contribution is 5.75. The van der Waals surface area contributed by atoms with Crippen molar-refractivity contribution < 1.29 is 0 Å². The molecule has 3 aromatic rings. The SMILES string of the molecule is Cc1ccc2nc(CN(C)CCn3cnnc3)[nH]c2c1. The third kappa shape index (κ3) is 2.85. The monoisotopic (exact) mass is 270 g/mol. The van der Waals surface area contributed by atoms with E-state index < -0.39 is 0 Å². The standard InChI is InChI=1S/C14H18N6/c1-11-3-4-12-13(7-11)18-14(17-12)8-19(2)5-6-20-9-15-16-10-20/h3-4,7,9-10H,5-6,8H2,1-2H3,(H,17,18). The number of nitrogens with one attached hydrogen (secondary N) is 1. The third-order valence-corrected chi connectivity index (χ3v) is 3.31. The molecule has 2 aromatic heterocycles. The van der Waals surface area contributed by atoms with Crippen molar-refractivity contribution >= 4 is 11.0 Å². The molecule has 0 bridgehead atoms. The number of benzene rings is 1. The first-order valence-electron chi connectivity index (χ1n) is 6.67. The van der Waals surface area contributed by atoms with Crippen molar-refractivity contribution in [2.75, 3.05) is 13.6 Å². The molecular formula is C14H18N6. The zero-order valence-electron chi connectivity index (χ0n) is 11.7. The zero-order chi connectivity index (χ0) is 13.9. The van der Waals surface area contributed by atoms with Crippen molar-refractivity contribution in [1.29, 1.82) is 0 Å². The van der Waals surface area contributed by atoms with Crippen LogP contribution in [0, 0.1) is 6.92 Å². The maximum atomic E-state index is 4.61. The van der Waals surface area contributed by atoms with Crippen molar-refractivity contribution in [2.24, 2.45) is 0 Å². The summed E-state index contributed by atoms with van der Waals surface area (Å²) in [5.41, 5.74) is 3.37. The van der Waals surface area contributed by atoms with Gasteiger partial charge in [-0.2, -0.15) is 0 Å². The van der Waals surface area contributed by atoms with Gasteiger partial charge in [0.15, 0.2) is 0 Å². The van der Waals surface area contributed by atoms with E-state index in [9.17, 15) is 0 Å². The Hall–Kier alpha value is -2.21. The molecule has 0 radical (unpaired) electrons. The molecule has 0 atom stereocenters. The molecule has 0 amide bonds. The van der Waals surface area contributed by atoms with E-state index >= 15 is 0 Å². The second-order valence-corrected chi connectivity index (χ2v) is 5.14. The summed E-state index contributed by atoms with van der Waals surface area (Å²) in [5, 5.41) is 7.59. The van der Waals surface area contributed by atoms with E-state index in [1.165, 1.54) is 5.56 Å². The topological polar surface area (TPSA) is 62.6 Å². The predicted molar refractivity (Wildman–Crippen MR) is 77.2 cm³/mol. The van der Waals surface area contributed by atoms with Gasteiger partial charge in [-0.25, -0.2) is 4.98 Å². The van der Waals surface area contributed by atoms with Crippen LogP contribution in [-0.4, -0.2) is 43.2 Å². The Balaban J connectivity index is 1.63. The molecule has 6 nitrogen and oxygen atoms in total. The molecule has 0 aliphatic heterocycles. The molecular weight excluding hydrogens is 252 g/mol. The van der Waals surface area contributed by atoms with Crippen LogP contribution in [-0.2, 0) is 13.1 Å². The molecule has 0 aliphatic carbocycles. The molecule has 0 saturated carbocycles. The molecule has 0 unspecified atom stereocenters. The molecule has 0 saturated heterocycles. The van der Waals surface area contributed by atoms with Crippen molar-refractivity contribution in [1.82, 2.24) is 29.6 Å². The van der Waals surface area contributed by atoms with E-state index in [1.807, 2.05) is 4.57 Å². The summed E-state index contributed by atoms with van der Waals surface area (Å²) >= 11 is 0. The van der Waals surface area contributed by atoms with Gasteiger partial charge in [-0.3, -0.25) is 4.90 Å². The highest BCUT2D eigenvalue weighted by atomic mass is 15.2. The van der Waals surface area contributed by atoms with E-state index in [1.54, 1.807) is 12.7 Å². The summed E-state index contributed by atoms with van der Waals surface area (Å²) in [4.78, 5) is 10.2. The quantitative estimate of drug-likeness (QED) is 0.765. The first-order chi connectivity index (χ1) is 9.70. The molecule has 0 aliphatic rings. The third-order valence-electron chi connectivity index (χ3n) is 3.31. The maximum Gasteiger partial charge on any atom is 0.121 e. The number of imidazole rings is 1. The van der Waals surface area contributed by atoms with Gasteiger partial charge in [0.1, 0.15) is 18.5 Å². The minimum atomic E-state index is 0.801. The normalized spacial score (nSPS) is 11.6. The minimum absolute atomic E-state index is 0.801. The molecule has 0 spiro atoms. The Morgan fingerprint density at radius 3 is 2.85 bits per heavy atom. The smallest absolute Gasteiger partial charge is 0.121 e. The van der Waals surface area contributed by atoms with E-state index in [4.69, 9.17) is 0 Å². The Kier molecular flexibility index (Phi) is 3.47. The first-order valence-corrected chi connectivity index (χ1v) is 6.67. The number of fused-ring (bicyclic) bond motifs is 1. The number of nitrogens with zero attached hydrogens (tertiary/aromatic N) is 5. The highest BCUT2D eigenvalue weighted by Crippen LogP contribution is 2.13. The lowest BCUT2D eigenvalue weighted by molar-refractivity contribution is 0.305. The molecule has 104 valence electrons. The van der Waals surface area contributed by atoms with Crippen LogP contribution in [0.25, 0.3) is 11.0 Å². The summed E-state index contributed by atoms with van der Waals surface area (Å²) < 4.78 is 1.97. The van der Waals surface area contributed by atoms with Gasteiger partial charge in [0.05, 0.1) is 17.6 Å². The highest BCUT2D eigenvalue weighted by Gasteiger charge is 2.06. The number of aromatic amines is 1. The van der Waals surface area contributed by atoms with Crippen molar-refractivity contribution in [3.63, 3.8) is 0 Å². The molecule has 1 aromatic carbocycles. The predicted octanol–water partition coefficient (Wildman–Crippen LogP) is 1.59. The van der Waals surface area contributed by atoms with Crippen LogP contribution < -0.4 is 0 Å². The van der Waals surface area contributed by atoms with E-state index in [-0.39, 0.29) is 0 Å². The largest absolute Gasteiger partial charge is 0.341 e. The maximum absolute atomic E-state index is 4.61. The first kappa shape index (κ1) is 12.8. The fourth-order valence-corrected chi connectivity index (χ4v) is 2.21. The van der Waals surface area contributed by atoms with Gasteiger partial charge < -0.3 is 9.55 Å². The lowest BCUT2D eigenvalue weighted by Crippen LogP contribution is -2.23. The number of aryl methyl sites for hydroxylation is 1. The molecule has 0 fully saturated rings. The summed E-state index contributed by atoms with van der Waals surface area (Å²) in [6.07, 6.45) is 3.47. The molecule has 20 heavy (non-hydrogen) atoms.